The number of nitrogens with zero attached hydrogens (tertiary/aromatic N) is 1. The van der Waals surface area contributed by atoms with Crippen molar-refractivity contribution in [2.75, 3.05) is 11.9 Å². The van der Waals surface area contributed by atoms with E-state index in [0.29, 0.717) is 24.2 Å². The number of nitrogens with one attached hydrogen (secondary N) is 1. The molecule has 20 heavy (non-hydrogen) atoms. The lowest BCUT2D eigenvalue weighted by molar-refractivity contribution is -0.116. The number of anilines is 1. The van der Waals surface area contributed by atoms with Gasteiger partial charge in [0.05, 0.1) is 11.6 Å². The van der Waals surface area contributed by atoms with Gasteiger partial charge >= 0.3 is 0 Å². The molecule has 0 heterocycles. The molecule has 0 bridgehead atoms. The Labute approximate surface area is 121 Å². The molecule has 1 aromatic carbocycles. The zero-order chi connectivity index (χ0) is 15.2. The molecule has 0 aromatic heterocycles. The predicted octanol–water partition coefficient (Wildman–Crippen LogP) is 2.96. The first-order valence-electron chi connectivity index (χ1n) is 6.88. The Balaban J connectivity index is 2.61. The van der Waals surface area contributed by atoms with E-state index in [1.807, 2.05) is 13.0 Å². The highest BCUT2D eigenvalue weighted by atomic mass is 16.1. The molecule has 0 atom stereocenters. The van der Waals surface area contributed by atoms with Crippen LogP contribution in [0.15, 0.2) is 18.2 Å². The molecule has 0 aliphatic carbocycles. The molecule has 1 aromatic rings. The first-order chi connectivity index (χ1) is 9.38. The van der Waals surface area contributed by atoms with Crippen LogP contribution in [0.3, 0.4) is 0 Å². The average Bonchev–Trinajstić information content (AvgIpc) is 2.39. The minimum absolute atomic E-state index is 0.0201. The van der Waals surface area contributed by atoms with E-state index in [-0.39, 0.29) is 11.3 Å². The normalized spacial score (nSPS) is 10.9. The van der Waals surface area contributed by atoms with Gasteiger partial charge in [-0.25, -0.2) is 0 Å². The standard InChI is InChI=1S/C16H23N3O/c1-12-4-5-13(11-18)10-14(12)19-15(20)6-7-16(2,3)8-9-17/h4-5,10H,6-9,17H2,1-3H3,(H,19,20). The zero-order valence-electron chi connectivity index (χ0n) is 12.5. The van der Waals surface area contributed by atoms with Crippen LogP contribution in [-0.4, -0.2) is 12.5 Å². The van der Waals surface area contributed by atoms with Crippen LogP contribution in [0.1, 0.15) is 44.2 Å². The largest absolute Gasteiger partial charge is 0.330 e. The van der Waals surface area contributed by atoms with Gasteiger partial charge in [-0.2, -0.15) is 5.26 Å². The molecule has 1 amide bonds. The quantitative estimate of drug-likeness (QED) is 0.836. The van der Waals surface area contributed by atoms with E-state index in [1.54, 1.807) is 12.1 Å². The van der Waals surface area contributed by atoms with Crippen LogP contribution in [0.5, 0.6) is 0 Å². The summed E-state index contributed by atoms with van der Waals surface area (Å²) < 4.78 is 0. The molecule has 4 nitrogen and oxygen atoms in total. The van der Waals surface area contributed by atoms with Crippen molar-refractivity contribution in [3.63, 3.8) is 0 Å². The van der Waals surface area contributed by atoms with Crippen molar-refractivity contribution in [1.82, 2.24) is 0 Å². The molecule has 3 N–H and O–H groups in total. The average molecular weight is 273 g/mol. The third-order valence-corrected chi connectivity index (χ3v) is 3.49. The van der Waals surface area contributed by atoms with Gasteiger partial charge < -0.3 is 11.1 Å². The number of benzene rings is 1. The third kappa shape index (κ3) is 5.02. The van der Waals surface area contributed by atoms with E-state index in [2.05, 4.69) is 25.2 Å². The number of nitrogens with two attached hydrogens (primary N) is 1. The SMILES string of the molecule is Cc1ccc(C#N)cc1NC(=O)CCC(C)(C)CCN. The van der Waals surface area contributed by atoms with Crippen molar-refractivity contribution in [2.45, 2.75) is 40.0 Å². The molecular weight excluding hydrogens is 250 g/mol. The third-order valence-electron chi connectivity index (χ3n) is 3.49. The molecule has 0 saturated heterocycles. The molecule has 4 heteroatoms. The first kappa shape index (κ1) is 16.2. The number of carbonyl (C=O) groups excluding carboxylic acids is 1. The van der Waals surface area contributed by atoms with Gasteiger partial charge in [0, 0.05) is 12.1 Å². The molecule has 108 valence electrons. The lowest BCUT2D eigenvalue weighted by Crippen LogP contribution is -2.20. The molecule has 0 aliphatic rings. The van der Waals surface area contributed by atoms with Gasteiger partial charge in [-0.1, -0.05) is 19.9 Å². The van der Waals surface area contributed by atoms with Crippen LogP contribution in [0.2, 0.25) is 0 Å². The van der Waals surface area contributed by atoms with Crippen molar-refractivity contribution in [2.24, 2.45) is 11.1 Å². The van der Waals surface area contributed by atoms with E-state index in [9.17, 15) is 4.79 Å². The molecule has 0 unspecified atom stereocenters. The molecule has 0 spiro atoms. The van der Waals surface area contributed by atoms with E-state index in [1.165, 1.54) is 0 Å². The van der Waals surface area contributed by atoms with Crippen LogP contribution in [0.25, 0.3) is 0 Å². The fourth-order valence-electron chi connectivity index (χ4n) is 2.01. The molecular formula is C16H23N3O. The van der Waals surface area contributed by atoms with E-state index in [4.69, 9.17) is 11.0 Å². The fraction of sp³-hybridized carbons (Fsp3) is 0.500. The highest BCUT2D eigenvalue weighted by Crippen LogP contribution is 2.26. The van der Waals surface area contributed by atoms with Gasteiger partial charge in [0.25, 0.3) is 0 Å². The summed E-state index contributed by atoms with van der Waals surface area (Å²) in [6.45, 7) is 6.79. The van der Waals surface area contributed by atoms with Gasteiger partial charge in [-0.05, 0) is 49.4 Å². The Hall–Kier alpha value is -1.86. The summed E-state index contributed by atoms with van der Waals surface area (Å²) >= 11 is 0. The smallest absolute Gasteiger partial charge is 0.224 e. The van der Waals surface area contributed by atoms with Crippen molar-refractivity contribution < 1.29 is 4.79 Å². The van der Waals surface area contributed by atoms with Crippen LogP contribution in [-0.2, 0) is 4.79 Å². The Bertz CT molecular complexity index is 515. The van der Waals surface area contributed by atoms with Crippen LogP contribution in [0, 0.1) is 23.7 Å². The van der Waals surface area contributed by atoms with Crippen LogP contribution < -0.4 is 11.1 Å². The lowest BCUT2D eigenvalue weighted by atomic mass is 9.84. The second kappa shape index (κ2) is 7.06. The van der Waals surface area contributed by atoms with Gasteiger partial charge in [-0.15, -0.1) is 0 Å². The Morgan fingerprint density at radius 1 is 1.40 bits per heavy atom. The van der Waals surface area contributed by atoms with Crippen molar-refractivity contribution in [3.05, 3.63) is 29.3 Å². The van der Waals surface area contributed by atoms with Gasteiger partial charge in [0.2, 0.25) is 5.91 Å². The maximum atomic E-state index is 12.0. The maximum absolute atomic E-state index is 12.0. The Morgan fingerprint density at radius 3 is 2.70 bits per heavy atom. The van der Waals surface area contributed by atoms with Gasteiger partial charge in [0.1, 0.15) is 0 Å². The summed E-state index contributed by atoms with van der Waals surface area (Å²) in [5.41, 5.74) is 7.87. The monoisotopic (exact) mass is 273 g/mol. The summed E-state index contributed by atoms with van der Waals surface area (Å²) in [6, 6.07) is 7.37. The number of amides is 1. The Kier molecular flexibility index (Phi) is 5.72. The van der Waals surface area contributed by atoms with Crippen molar-refractivity contribution in [3.8, 4) is 6.07 Å². The molecule has 1 rings (SSSR count). The lowest BCUT2D eigenvalue weighted by Gasteiger charge is -2.23. The summed E-state index contributed by atoms with van der Waals surface area (Å²) in [5, 5.41) is 11.8. The first-order valence-corrected chi connectivity index (χ1v) is 6.88. The summed E-state index contributed by atoms with van der Waals surface area (Å²) in [5.74, 6) is -0.0201. The van der Waals surface area contributed by atoms with Gasteiger partial charge in [-0.3, -0.25) is 4.79 Å². The minimum Gasteiger partial charge on any atom is -0.330 e. The number of nitriles is 1. The number of aryl methyl sites for hydroxylation is 1. The van der Waals surface area contributed by atoms with E-state index < -0.39 is 0 Å². The topological polar surface area (TPSA) is 78.9 Å². The number of hydrogen-bond acceptors (Lipinski definition) is 3. The molecule has 0 radical (unpaired) electrons. The molecule has 0 fully saturated rings. The summed E-state index contributed by atoms with van der Waals surface area (Å²) in [6.07, 6.45) is 2.17. The van der Waals surface area contributed by atoms with Gasteiger partial charge in [0.15, 0.2) is 0 Å². The highest BCUT2D eigenvalue weighted by molar-refractivity contribution is 5.91. The maximum Gasteiger partial charge on any atom is 0.224 e. The van der Waals surface area contributed by atoms with E-state index in [0.717, 1.165) is 18.4 Å². The van der Waals surface area contributed by atoms with Crippen molar-refractivity contribution >= 4 is 11.6 Å². The van der Waals surface area contributed by atoms with Crippen molar-refractivity contribution in [1.29, 1.82) is 5.26 Å². The highest BCUT2D eigenvalue weighted by Gasteiger charge is 2.18. The fourth-order valence-corrected chi connectivity index (χ4v) is 2.01. The predicted molar refractivity (Wildman–Crippen MR) is 81.2 cm³/mol. The van der Waals surface area contributed by atoms with Crippen LogP contribution >= 0.6 is 0 Å². The number of rotatable bonds is 6. The van der Waals surface area contributed by atoms with E-state index >= 15 is 0 Å². The second-order valence-corrected chi connectivity index (χ2v) is 5.89. The minimum atomic E-state index is -0.0201. The summed E-state index contributed by atoms with van der Waals surface area (Å²) in [4.78, 5) is 12.0. The summed E-state index contributed by atoms with van der Waals surface area (Å²) in [7, 11) is 0. The zero-order valence-corrected chi connectivity index (χ0v) is 12.5. The Morgan fingerprint density at radius 2 is 2.10 bits per heavy atom. The molecule has 0 saturated carbocycles. The number of hydrogen-bond donors (Lipinski definition) is 2. The van der Waals surface area contributed by atoms with Crippen LogP contribution in [0.4, 0.5) is 5.69 Å². The molecule has 0 aliphatic heterocycles. The number of carbonyl (C=O) groups is 1. The second-order valence-electron chi connectivity index (χ2n) is 5.89.